The molecule has 0 atom stereocenters. The fourth-order valence-electron chi connectivity index (χ4n) is 2.99. The van der Waals surface area contributed by atoms with Gasteiger partial charge in [0, 0.05) is 36.1 Å². The molecule has 0 amide bonds. The Morgan fingerprint density at radius 1 is 0.625 bits per heavy atom. The lowest BCUT2D eigenvalue weighted by Crippen LogP contribution is -2.02. The molecule has 0 fully saturated rings. The Hall–Kier alpha value is -3.68. The second kappa shape index (κ2) is 11.6. The number of esters is 2. The van der Waals surface area contributed by atoms with Crippen molar-refractivity contribution in [2.24, 2.45) is 0 Å². The smallest absolute Gasteiger partial charge is 0.302 e. The van der Waals surface area contributed by atoms with E-state index >= 15 is 0 Å². The summed E-state index contributed by atoms with van der Waals surface area (Å²) in [5.74, 6) is 1.53. The number of carbonyl (C=O) groups is 2. The molecule has 8 nitrogen and oxygen atoms in total. The average molecular weight is 444 g/mol. The van der Waals surface area contributed by atoms with E-state index in [1.165, 1.54) is 13.8 Å². The van der Waals surface area contributed by atoms with E-state index in [1.807, 2.05) is 12.2 Å². The lowest BCUT2D eigenvalue weighted by atomic mass is 10.0. The Morgan fingerprint density at radius 2 is 0.969 bits per heavy atom. The van der Waals surface area contributed by atoms with Crippen molar-refractivity contribution in [3.05, 3.63) is 46.5 Å². The maximum absolute atomic E-state index is 11.2. The van der Waals surface area contributed by atoms with Gasteiger partial charge in [-0.3, -0.25) is 9.59 Å². The van der Waals surface area contributed by atoms with E-state index in [4.69, 9.17) is 28.4 Å². The molecule has 0 aliphatic rings. The van der Waals surface area contributed by atoms with Gasteiger partial charge < -0.3 is 28.4 Å². The number of ether oxygens (including phenoxy) is 6. The van der Waals surface area contributed by atoms with Crippen molar-refractivity contribution in [3.8, 4) is 23.0 Å². The van der Waals surface area contributed by atoms with Crippen molar-refractivity contribution in [2.45, 2.75) is 27.1 Å². The quantitative estimate of drug-likeness (QED) is 0.401. The number of methoxy groups -OCH3 is 4. The van der Waals surface area contributed by atoms with Gasteiger partial charge in [-0.1, -0.05) is 12.2 Å². The van der Waals surface area contributed by atoms with Crippen molar-refractivity contribution in [2.75, 3.05) is 28.4 Å². The molecular weight excluding hydrogens is 416 g/mol. The minimum atomic E-state index is -0.381. The van der Waals surface area contributed by atoms with Gasteiger partial charge in [-0.2, -0.15) is 0 Å². The summed E-state index contributed by atoms with van der Waals surface area (Å²) in [6.07, 6.45) is 3.69. The Balaban J connectivity index is 2.42. The number of carbonyl (C=O) groups excluding carboxylic acids is 2. The summed E-state index contributed by atoms with van der Waals surface area (Å²) in [5.41, 5.74) is 2.87. The van der Waals surface area contributed by atoms with E-state index in [0.29, 0.717) is 34.1 Å². The van der Waals surface area contributed by atoms with Gasteiger partial charge in [0.15, 0.2) is 0 Å². The van der Waals surface area contributed by atoms with Crippen LogP contribution < -0.4 is 18.9 Å². The number of hydrogen-bond acceptors (Lipinski definition) is 8. The molecule has 0 saturated carbocycles. The molecule has 0 aliphatic heterocycles. The van der Waals surface area contributed by atoms with Crippen LogP contribution in [0.15, 0.2) is 24.3 Å². The summed E-state index contributed by atoms with van der Waals surface area (Å²) in [7, 11) is 6.20. The van der Waals surface area contributed by atoms with Gasteiger partial charge in [-0.15, -0.1) is 0 Å². The second-order valence-electron chi connectivity index (χ2n) is 6.71. The summed E-state index contributed by atoms with van der Waals surface area (Å²) in [6, 6.07) is 7.13. The lowest BCUT2D eigenvalue weighted by Gasteiger charge is -2.14. The van der Waals surface area contributed by atoms with Gasteiger partial charge in [0.05, 0.1) is 28.4 Å². The van der Waals surface area contributed by atoms with Crippen LogP contribution in [0.3, 0.4) is 0 Å². The molecule has 0 N–H and O–H groups in total. The van der Waals surface area contributed by atoms with Crippen molar-refractivity contribution >= 4 is 24.1 Å². The third-order valence-corrected chi connectivity index (χ3v) is 4.57. The zero-order valence-electron chi connectivity index (χ0n) is 19.1. The fraction of sp³-hybridized carbons (Fsp3) is 0.333. The highest BCUT2D eigenvalue weighted by atomic mass is 16.5. The van der Waals surface area contributed by atoms with Crippen molar-refractivity contribution in [1.29, 1.82) is 0 Å². The molecule has 8 heteroatoms. The summed E-state index contributed by atoms with van der Waals surface area (Å²) >= 11 is 0. The van der Waals surface area contributed by atoms with Crippen LogP contribution in [0.25, 0.3) is 12.2 Å². The molecule has 2 rings (SSSR count). The molecule has 0 aromatic heterocycles. The summed E-state index contributed by atoms with van der Waals surface area (Å²) in [5, 5.41) is 0. The molecule has 0 unspecified atom stereocenters. The molecule has 32 heavy (non-hydrogen) atoms. The van der Waals surface area contributed by atoms with Crippen LogP contribution in [-0.4, -0.2) is 40.4 Å². The zero-order valence-corrected chi connectivity index (χ0v) is 19.1. The number of benzene rings is 2. The topological polar surface area (TPSA) is 89.5 Å². The van der Waals surface area contributed by atoms with Crippen molar-refractivity contribution < 1.29 is 38.0 Å². The third-order valence-electron chi connectivity index (χ3n) is 4.57. The first-order valence-corrected chi connectivity index (χ1v) is 9.77. The normalized spacial score (nSPS) is 10.6. The summed E-state index contributed by atoms with van der Waals surface area (Å²) in [4.78, 5) is 22.3. The largest absolute Gasteiger partial charge is 0.496 e. The molecule has 2 aromatic rings. The average Bonchev–Trinajstić information content (AvgIpc) is 2.79. The minimum absolute atomic E-state index is 0.0771. The Kier molecular flexibility index (Phi) is 8.95. The minimum Gasteiger partial charge on any atom is -0.496 e. The van der Waals surface area contributed by atoms with Crippen LogP contribution in [0.4, 0.5) is 0 Å². The molecule has 0 heterocycles. The van der Waals surface area contributed by atoms with Crippen LogP contribution in [0.2, 0.25) is 0 Å². The van der Waals surface area contributed by atoms with Crippen molar-refractivity contribution in [3.63, 3.8) is 0 Å². The molecule has 0 bridgehead atoms. The van der Waals surface area contributed by atoms with E-state index in [9.17, 15) is 9.59 Å². The number of hydrogen-bond donors (Lipinski definition) is 0. The standard InChI is InChI=1S/C24H28O8/c1-15(25)31-13-19-11-21(27-3)17(9-23(19)29-5)7-8-18-10-24(30-6)20(12-22(18)28-4)14-32-16(2)26/h7-12H,13-14H2,1-6H3. The molecule has 0 spiro atoms. The van der Waals surface area contributed by atoms with Crippen molar-refractivity contribution in [1.82, 2.24) is 0 Å². The first-order chi connectivity index (χ1) is 15.3. The van der Waals surface area contributed by atoms with E-state index in [-0.39, 0.29) is 25.2 Å². The highest BCUT2D eigenvalue weighted by molar-refractivity contribution is 5.77. The van der Waals surface area contributed by atoms with Crippen LogP contribution >= 0.6 is 0 Å². The maximum Gasteiger partial charge on any atom is 0.302 e. The molecule has 0 saturated heterocycles. The van der Waals surface area contributed by atoms with Gasteiger partial charge in [-0.25, -0.2) is 0 Å². The third kappa shape index (κ3) is 6.41. The molecule has 0 radical (unpaired) electrons. The van der Waals surface area contributed by atoms with Crippen LogP contribution in [-0.2, 0) is 32.3 Å². The fourth-order valence-corrected chi connectivity index (χ4v) is 2.99. The zero-order chi connectivity index (χ0) is 23.7. The van der Waals surface area contributed by atoms with E-state index in [2.05, 4.69) is 0 Å². The maximum atomic E-state index is 11.2. The van der Waals surface area contributed by atoms with Crippen LogP contribution in [0, 0.1) is 0 Å². The molecule has 2 aromatic carbocycles. The lowest BCUT2D eigenvalue weighted by molar-refractivity contribution is -0.143. The van der Waals surface area contributed by atoms with Gasteiger partial charge in [0.25, 0.3) is 0 Å². The van der Waals surface area contributed by atoms with E-state index in [1.54, 1.807) is 52.7 Å². The van der Waals surface area contributed by atoms with Gasteiger partial charge in [0.1, 0.15) is 36.2 Å². The van der Waals surface area contributed by atoms with Gasteiger partial charge in [-0.05, 0) is 24.3 Å². The van der Waals surface area contributed by atoms with Crippen LogP contribution in [0.1, 0.15) is 36.1 Å². The SMILES string of the molecule is COc1cc(COC(C)=O)c(OC)cc1C=Cc1cc(OC)c(COC(C)=O)cc1OC. The second-order valence-corrected chi connectivity index (χ2v) is 6.71. The first-order valence-electron chi connectivity index (χ1n) is 9.77. The monoisotopic (exact) mass is 444 g/mol. The molecular formula is C24H28O8. The predicted octanol–water partition coefficient (Wildman–Crippen LogP) is 4.02. The van der Waals surface area contributed by atoms with Gasteiger partial charge in [0.2, 0.25) is 0 Å². The van der Waals surface area contributed by atoms with Crippen LogP contribution in [0.5, 0.6) is 23.0 Å². The predicted molar refractivity (Wildman–Crippen MR) is 119 cm³/mol. The summed E-state index contributed by atoms with van der Waals surface area (Å²) < 4.78 is 32.1. The van der Waals surface area contributed by atoms with E-state index < -0.39 is 0 Å². The highest BCUT2D eigenvalue weighted by Crippen LogP contribution is 2.34. The Labute approximate surface area is 187 Å². The summed E-state index contributed by atoms with van der Waals surface area (Å²) in [6.45, 7) is 2.85. The van der Waals surface area contributed by atoms with Gasteiger partial charge >= 0.3 is 11.9 Å². The molecule has 0 aliphatic carbocycles. The highest BCUT2D eigenvalue weighted by Gasteiger charge is 2.13. The first kappa shape index (κ1) is 24.6. The van der Waals surface area contributed by atoms with E-state index in [0.717, 1.165) is 11.1 Å². The molecule has 172 valence electrons. The number of rotatable bonds is 10. The Morgan fingerprint density at radius 3 is 1.25 bits per heavy atom. The Bertz CT molecular complexity index is 914.